The number of hydrogen-bond acceptors (Lipinski definition) is 2. The molecule has 106 valence electrons. The standard InChI is InChI=1S/C16H19BrN2O/c1-12-16(17)15(19(2)18-12)11-14(20)10-6-9-13-7-4-3-5-8-13/h3-5,7-8H,6,9-11H2,1-2H3. The lowest BCUT2D eigenvalue weighted by molar-refractivity contribution is -0.118. The van der Waals surface area contributed by atoms with Gasteiger partial charge in [0.1, 0.15) is 5.78 Å². The van der Waals surface area contributed by atoms with Crippen LogP contribution in [0.15, 0.2) is 34.8 Å². The van der Waals surface area contributed by atoms with Gasteiger partial charge in [0.2, 0.25) is 0 Å². The van der Waals surface area contributed by atoms with E-state index in [9.17, 15) is 4.79 Å². The van der Waals surface area contributed by atoms with Crippen LogP contribution in [-0.4, -0.2) is 15.6 Å². The summed E-state index contributed by atoms with van der Waals surface area (Å²) in [6.07, 6.45) is 2.92. The SMILES string of the molecule is Cc1nn(C)c(CC(=O)CCCc2ccccc2)c1Br. The molecule has 2 aromatic rings. The molecule has 0 saturated carbocycles. The van der Waals surface area contributed by atoms with Crippen LogP contribution in [0.2, 0.25) is 0 Å². The minimum absolute atomic E-state index is 0.268. The van der Waals surface area contributed by atoms with Crippen molar-refractivity contribution in [1.82, 2.24) is 9.78 Å². The Kier molecular flexibility index (Phi) is 5.12. The van der Waals surface area contributed by atoms with Crippen LogP contribution in [0.4, 0.5) is 0 Å². The van der Waals surface area contributed by atoms with Gasteiger partial charge < -0.3 is 0 Å². The molecular formula is C16H19BrN2O. The van der Waals surface area contributed by atoms with Crippen LogP contribution in [0.25, 0.3) is 0 Å². The summed E-state index contributed by atoms with van der Waals surface area (Å²) in [7, 11) is 1.88. The normalized spacial score (nSPS) is 10.8. The summed E-state index contributed by atoms with van der Waals surface area (Å²) in [5.41, 5.74) is 3.18. The van der Waals surface area contributed by atoms with Gasteiger partial charge in [-0.1, -0.05) is 30.3 Å². The van der Waals surface area contributed by atoms with E-state index in [-0.39, 0.29) is 5.78 Å². The highest BCUT2D eigenvalue weighted by Crippen LogP contribution is 2.21. The maximum absolute atomic E-state index is 12.1. The molecule has 0 N–H and O–H groups in total. The molecule has 0 radical (unpaired) electrons. The molecule has 3 nitrogen and oxygen atoms in total. The van der Waals surface area contributed by atoms with Gasteiger partial charge in [0.25, 0.3) is 0 Å². The third-order valence-electron chi connectivity index (χ3n) is 3.39. The Hall–Kier alpha value is -1.42. The van der Waals surface area contributed by atoms with Crippen LogP contribution in [0.5, 0.6) is 0 Å². The van der Waals surface area contributed by atoms with Crippen LogP contribution in [-0.2, 0) is 24.7 Å². The summed E-state index contributed by atoms with van der Waals surface area (Å²) >= 11 is 3.50. The molecule has 0 atom stereocenters. The quantitative estimate of drug-likeness (QED) is 0.808. The van der Waals surface area contributed by atoms with Gasteiger partial charge in [-0.05, 0) is 41.3 Å². The molecule has 0 bridgehead atoms. The lowest BCUT2D eigenvalue weighted by Crippen LogP contribution is -2.08. The Morgan fingerprint density at radius 1 is 1.30 bits per heavy atom. The lowest BCUT2D eigenvalue weighted by Gasteiger charge is -2.03. The number of Topliss-reactive ketones (excluding diaryl/α,β-unsaturated/α-hetero) is 1. The van der Waals surface area contributed by atoms with Crippen molar-refractivity contribution < 1.29 is 4.79 Å². The fourth-order valence-electron chi connectivity index (χ4n) is 2.28. The van der Waals surface area contributed by atoms with E-state index in [2.05, 4.69) is 33.2 Å². The van der Waals surface area contributed by atoms with E-state index < -0.39 is 0 Å². The number of ketones is 1. The van der Waals surface area contributed by atoms with E-state index in [1.807, 2.05) is 32.2 Å². The summed E-state index contributed by atoms with van der Waals surface area (Å²) in [6, 6.07) is 10.3. The number of carbonyl (C=O) groups is 1. The van der Waals surface area contributed by atoms with Crippen LogP contribution < -0.4 is 0 Å². The van der Waals surface area contributed by atoms with Crippen LogP contribution in [0.1, 0.15) is 29.8 Å². The van der Waals surface area contributed by atoms with Crippen molar-refractivity contribution in [2.45, 2.75) is 32.6 Å². The average molecular weight is 335 g/mol. The smallest absolute Gasteiger partial charge is 0.138 e. The predicted octanol–water partition coefficient (Wildman–Crippen LogP) is 3.63. The first-order valence-corrected chi connectivity index (χ1v) is 7.61. The van der Waals surface area contributed by atoms with Gasteiger partial charge in [-0.3, -0.25) is 9.48 Å². The third-order valence-corrected chi connectivity index (χ3v) is 4.42. The van der Waals surface area contributed by atoms with E-state index in [1.54, 1.807) is 4.68 Å². The molecule has 0 aliphatic rings. The van der Waals surface area contributed by atoms with Crippen molar-refractivity contribution in [3.63, 3.8) is 0 Å². The topological polar surface area (TPSA) is 34.9 Å². The van der Waals surface area contributed by atoms with Gasteiger partial charge in [-0.25, -0.2) is 0 Å². The molecule has 0 fully saturated rings. The number of hydrogen-bond donors (Lipinski definition) is 0. The molecule has 1 aromatic heterocycles. The zero-order valence-corrected chi connectivity index (χ0v) is 13.5. The predicted molar refractivity (Wildman–Crippen MR) is 83.7 cm³/mol. The molecule has 20 heavy (non-hydrogen) atoms. The Balaban J connectivity index is 1.84. The van der Waals surface area contributed by atoms with Gasteiger partial charge in [-0.15, -0.1) is 0 Å². The largest absolute Gasteiger partial charge is 0.299 e. The highest BCUT2D eigenvalue weighted by atomic mass is 79.9. The van der Waals surface area contributed by atoms with Crippen molar-refractivity contribution >= 4 is 21.7 Å². The molecule has 4 heteroatoms. The fraction of sp³-hybridized carbons (Fsp3) is 0.375. The minimum Gasteiger partial charge on any atom is -0.299 e. The van der Waals surface area contributed by atoms with Crippen molar-refractivity contribution in [1.29, 1.82) is 0 Å². The molecule has 1 heterocycles. The molecule has 1 aromatic carbocycles. The second-order valence-corrected chi connectivity index (χ2v) is 5.82. The molecule has 0 aliphatic heterocycles. The van der Waals surface area contributed by atoms with Crippen molar-refractivity contribution in [2.75, 3.05) is 0 Å². The Labute approximate surface area is 128 Å². The van der Waals surface area contributed by atoms with Gasteiger partial charge >= 0.3 is 0 Å². The minimum atomic E-state index is 0.268. The molecule has 0 unspecified atom stereocenters. The van der Waals surface area contributed by atoms with Crippen LogP contribution in [0.3, 0.4) is 0 Å². The van der Waals surface area contributed by atoms with Crippen LogP contribution >= 0.6 is 15.9 Å². The third kappa shape index (κ3) is 3.79. The monoisotopic (exact) mass is 334 g/mol. The summed E-state index contributed by atoms with van der Waals surface area (Å²) in [5, 5.41) is 4.31. The van der Waals surface area contributed by atoms with Gasteiger partial charge in [0, 0.05) is 19.9 Å². The number of nitrogens with zero attached hydrogens (tertiary/aromatic N) is 2. The van der Waals surface area contributed by atoms with E-state index in [4.69, 9.17) is 0 Å². The molecule has 2 rings (SSSR count). The summed E-state index contributed by atoms with van der Waals surface area (Å²) < 4.78 is 2.74. The zero-order chi connectivity index (χ0) is 14.5. The van der Waals surface area contributed by atoms with Crippen LogP contribution in [0, 0.1) is 6.92 Å². The summed E-state index contributed by atoms with van der Waals surface area (Å²) in [5.74, 6) is 0.268. The van der Waals surface area contributed by atoms with E-state index in [1.165, 1.54) is 5.56 Å². The average Bonchev–Trinajstić information content (AvgIpc) is 2.67. The molecule has 0 spiro atoms. The maximum atomic E-state index is 12.1. The fourth-order valence-corrected chi connectivity index (χ4v) is 2.76. The number of halogens is 1. The highest BCUT2D eigenvalue weighted by molar-refractivity contribution is 9.10. The van der Waals surface area contributed by atoms with Gasteiger partial charge in [0.05, 0.1) is 15.9 Å². The Bertz CT molecular complexity index is 590. The second-order valence-electron chi connectivity index (χ2n) is 5.02. The maximum Gasteiger partial charge on any atom is 0.138 e. The molecular weight excluding hydrogens is 316 g/mol. The first-order chi connectivity index (χ1) is 9.58. The highest BCUT2D eigenvalue weighted by Gasteiger charge is 2.14. The van der Waals surface area contributed by atoms with E-state index in [0.29, 0.717) is 12.8 Å². The zero-order valence-electron chi connectivity index (χ0n) is 11.9. The molecule has 0 amide bonds. The van der Waals surface area contributed by atoms with Crippen molar-refractivity contribution in [2.24, 2.45) is 7.05 Å². The lowest BCUT2D eigenvalue weighted by atomic mass is 10.0. The Morgan fingerprint density at radius 2 is 2.00 bits per heavy atom. The molecule has 0 saturated heterocycles. The Morgan fingerprint density at radius 3 is 2.60 bits per heavy atom. The number of benzene rings is 1. The number of aryl methyl sites for hydroxylation is 3. The molecule has 0 aliphatic carbocycles. The summed E-state index contributed by atoms with van der Waals surface area (Å²) in [6.45, 7) is 1.94. The first-order valence-electron chi connectivity index (χ1n) is 6.81. The second kappa shape index (κ2) is 6.84. The van der Waals surface area contributed by atoms with Gasteiger partial charge in [0.15, 0.2) is 0 Å². The van der Waals surface area contributed by atoms with Crippen molar-refractivity contribution in [3.8, 4) is 0 Å². The van der Waals surface area contributed by atoms with Crippen molar-refractivity contribution in [3.05, 3.63) is 51.8 Å². The number of aromatic nitrogens is 2. The first kappa shape index (κ1) is 15.0. The van der Waals surface area contributed by atoms with E-state index >= 15 is 0 Å². The number of rotatable bonds is 6. The summed E-state index contributed by atoms with van der Waals surface area (Å²) in [4.78, 5) is 12.1. The van der Waals surface area contributed by atoms with E-state index in [0.717, 1.165) is 28.7 Å². The number of carbonyl (C=O) groups excluding carboxylic acids is 1. The van der Waals surface area contributed by atoms with Gasteiger partial charge in [-0.2, -0.15) is 5.10 Å².